The van der Waals surface area contributed by atoms with Crippen molar-refractivity contribution in [3.05, 3.63) is 35.1 Å². The molecule has 15 heavy (non-hydrogen) atoms. The second-order valence-corrected chi connectivity index (χ2v) is 4.60. The van der Waals surface area contributed by atoms with Crippen LogP contribution in [0.3, 0.4) is 0 Å². The van der Waals surface area contributed by atoms with Crippen molar-refractivity contribution < 1.29 is 4.39 Å². The molecule has 1 rings (SSSR count). The van der Waals surface area contributed by atoms with E-state index in [4.69, 9.17) is 5.73 Å². The lowest BCUT2D eigenvalue weighted by atomic mass is 9.97. The quantitative estimate of drug-likeness (QED) is 0.806. The zero-order chi connectivity index (χ0) is 11.4. The number of nitrogens with two attached hydrogens (primary N) is 1. The van der Waals surface area contributed by atoms with Crippen molar-refractivity contribution in [2.45, 2.75) is 39.7 Å². The van der Waals surface area contributed by atoms with Gasteiger partial charge in [-0.25, -0.2) is 4.39 Å². The molecule has 0 saturated carbocycles. The zero-order valence-electron chi connectivity index (χ0n) is 9.76. The molecule has 0 aliphatic carbocycles. The number of hydrogen-bond donors (Lipinski definition) is 1. The third-order valence-electron chi connectivity index (χ3n) is 2.61. The molecule has 1 aromatic rings. The van der Waals surface area contributed by atoms with Crippen LogP contribution in [-0.4, -0.2) is 0 Å². The fraction of sp³-hybridized carbons (Fsp3) is 0.538. The van der Waals surface area contributed by atoms with Crippen LogP contribution >= 0.6 is 0 Å². The first-order valence-electron chi connectivity index (χ1n) is 5.52. The Hall–Kier alpha value is -0.890. The lowest BCUT2D eigenvalue weighted by molar-refractivity contribution is 0.491. The second kappa shape index (κ2) is 5.26. The summed E-state index contributed by atoms with van der Waals surface area (Å²) >= 11 is 0. The highest BCUT2D eigenvalue weighted by Gasteiger charge is 2.11. The van der Waals surface area contributed by atoms with Gasteiger partial charge in [-0.15, -0.1) is 0 Å². The number of halogens is 1. The molecule has 1 aromatic carbocycles. The first-order chi connectivity index (χ1) is 7.00. The van der Waals surface area contributed by atoms with E-state index in [-0.39, 0.29) is 11.9 Å². The van der Waals surface area contributed by atoms with Gasteiger partial charge in [0.15, 0.2) is 0 Å². The van der Waals surface area contributed by atoms with Gasteiger partial charge in [-0.1, -0.05) is 31.5 Å². The van der Waals surface area contributed by atoms with Crippen LogP contribution in [0.1, 0.15) is 43.9 Å². The Balaban J connectivity index is 2.72. The Morgan fingerprint density at radius 2 is 1.93 bits per heavy atom. The zero-order valence-corrected chi connectivity index (χ0v) is 9.76. The molecule has 2 heteroatoms. The summed E-state index contributed by atoms with van der Waals surface area (Å²) in [7, 11) is 0. The van der Waals surface area contributed by atoms with Crippen LogP contribution in [0.15, 0.2) is 18.2 Å². The highest BCUT2D eigenvalue weighted by Crippen LogP contribution is 2.22. The van der Waals surface area contributed by atoms with E-state index in [2.05, 4.69) is 13.8 Å². The van der Waals surface area contributed by atoms with E-state index in [0.717, 1.165) is 18.4 Å². The van der Waals surface area contributed by atoms with Crippen LogP contribution in [0, 0.1) is 18.7 Å². The minimum Gasteiger partial charge on any atom is -0.324 e. The highest BCUT2D eigenvalue weighted by atomic mass is 19.1. The van der Waals surface area contributed by atoms with Gasteiger partial charge < -0.3 is 5.73 Å². The van der Waals surface area contributed by atoms with E-state index >= 15 is 0 Å². The normalized spacial score (nSPS) is 13.2. The first kappa shape index (κ1) is 12.2. The summed E-state index contributed by atoms with van der Waals surface area (Å²) < 4.78 is 13.5. The molecule has 1 atom stereocenters. The molecule has 0 radical (unpaired) electrons. The lowest BCUT2D eigenvalue weighted by Gasteiger charge is -2.14. The molecule has 1 nitrogen and oxygen atoms in total. The summed E-state index contributed by atoms with van der Waals surface area (Å²) in [5, 5.41) is 0. The van der Waals surface area contributed by atoms with E-state index in [1.54, 1.807) is 6.07 Å². The Morgan fingerprint density at radius 1 is 1.27 bits per heavy atom. The van der Waals surface area contributed by atoms with Crippen molar-refractivity contribution in [1.82, 2.24) is 0 Å². The molecule has 84 valence electrons. The summed E-state index contributed by atoms with van der Waals surface area (Å²) in [5.74, 6) is 0.431. The third kappa shape index (κ3) is 3.63. The minimum absolute atomic E-state index is 0.174. The molecule has 0 unspecified atom stereocenters. The summed E-state index contributed by atoms with van der Waals surface area (Å²) in [6.07, 6.45) is 1.88. The molecule has 0 saturated heterocycles. The third-order valence-corrected chi connectivity index (χ3v) is 2.61. The Kier molecular flexibility index (Phi) is 4.28. The first-order valence-corrected chi connectivity index (χ1v) is 5.52. The number of benzene rings is 1. The molecular weight excluding hydrogens is 189 g/mol. The Morgan fingerprint density at radius 3 is 2.53 bits per heavy atom. The lowest BCUT2D eigenvalue weighted by Crippen LogP contribution is -2.13. The Bertz CT molecular complexity index is 320. The predicted molar refractivity (Wildman–Crippen MR) is 62.1 cm³/mol. The summed E-state index contributed by atoms with van der Waals surface area (Å²) in [6, 6.07) is 4.95. The van der Waals surface area contributed by atoms with Crippen LogP contribution < -0.4 is 5.73 Å². The average molecular weight is 209 g/mol. The van der Waals surface area contributed by atoms with Gasteiger partial charge in [0, 0.05) is 11.6 Å². The smallest absolute Gasteiger partial charge is 0.127 e. The molecule has 0 spiro atoms. The molecule has 0 heterocycles. The van der Waals surface area contributed by atoms with Crippen molar-refractivity contribution in [2.75, 3.05) is 0 Å². The fourth-order valence-corrected chi connectivity index (χ4v) is 1.62. The molecule has 0 bridgehead atoms. The molecule has 0 amide bonds. The van der Waals surface area contributed by atoms with Gasteiger partial charge in [0.1, 0.15) is 5.82 Å². The van der Waals surface area contributed by atoms with Crippen molar-refractivity contribution in [2.24, 2.45) is 11.7 Å². The minimum atomic E-state index is -0.183. The maximum absolute atomic E-state index is 13.5. The monoisotopic (exact) mass is 209 g/mol. The standard InChI is InChI=1S/C13H20FN/c1-9(2)4-7-13(15)11-8-10(3)5-6-12(11)14/h5-6,8-9,13H,4,7,15H2,1-3H3/t13-/m1/s1. The van der Waals surface area contributed by atoms with E-state index in [1.165, 1.54) is 6.07 Å². The predicted octanol–water partition coefficient (Wildman–Crippen LogP) is 3.57. The van der Waals surface area contributed by atoms with Crippen LogP contribution in [0.25, 0.3) is 0 Å². The SMILES string of the molecule is Cc1ccc(F)c([C@H](N)CCC(C)C)c1. The fourth-order valence-electron chi connectivity index (χ4n) is 1.62. The van der Waals surface area contributed by atoms with E-state index in [9.17, 15) is 4.39 Å². The van der Waals surface area contributed by atoms with Crippen LogP contribution in [0.4, 0.5) is 4.39 Å². The van der Waals surface area contributed by atoms with Crippen molar-refractivity contribution >= 4 is 0 Å². The van der Waals surface area contributed by atoms with Crippen LogP contribution in [0.2, 0.25) is 0 Å². The summed E-state index contributed by atoms with van der Waals surface area (Å²) in [6.45, 7) is 6.26. The summed E-state index contributed by atoms with van der Waals surface area (Å²) in [4.78, 5) is 0. The van der Waals surface area contributed by atoms with Crippen molar-refractivity contribution in [1.29, 1.82) is 0 Å². The van der Waals surface area contributed by atoms with Gasteiger partial charge in [-0.05, 0) is 31.7 Å². The largest absolute Gasteiger partial charge is 0.324 e. The number of hydrogen-bond acceptors (Lipinski definition) is 1. The Labute approximate surface area is 91.5 Å². The van der Waals surface area contributed by atoms with E-state index < -0.39 is 0 Å². The molecule has 0 aliphatic rings. The van der Waals surface area contributed by atoms with Gasteiger partial charge in [0.05, 0.1) is 0 Å². The number of rotatable bonds is 4. The maximum Gasteiger partial charge on any atom is 0.127 e. The topological polar surface area (TPSA) is 26.0 Å². The van der Waals surface area contributed by atoms with Crippen molar-refractivity contribution in [3.8, 4) is 0 Å². The van der Waals surface area contributed by atoms with Crippen LogP contribution in [0.5, 0.6) is 0 Å². The van der Waals surface area contributed by atoms with Gasteiger partial charge in [-0.3, -0.25) is 0 Å². The molecule has 2 N–H and O–H groups in total. The molecular formula is C13H20FN. The van der Waals surface area contributed by atoms with E-state index in [1.807, 2.05) is 13.0 Å². The van der Waals surface area contributed by atoms with Gasteiger partial charge in [0.2, 0.25) is 0 Å². The van der Waals surface area contributed by atoms with Crippen molar-refractivity contribution in [3.63, 3.8) is 0 Å². The van der Waals surface area contributed by atoms with Gasteiger partial charge in [-0.2, -0.15) is 0 Å². The van der Waals surface area contributed by atoms with E-state index in [0.29, 0.717) is 11.5 Å². The van der Waals surface area contributed by atoms with Crippen LogP contribution in [-0.2, 0) is 0 Å². The van der Waals surface area contributed by atoms with Gasteiger partial charge in [0.25, 0.3) is 0 Å². The highest BCUT2D eigenvalue weighted by molar-refractivity contribution is 5.26. The van der Waals surface area contributed by atoms with Gasteiger partial charge >= 0.3 is 0 Å². The molecule has 0 fully saturated rings. The average Bonchev–Trinajstić information content (AvgIpc) is 2.18. The molecule has 0 aliphatic heterocycles. The summed E-state index contributed by atoms with van der Waals surface area (Å²) in [5.41, 5.74) is 7.68. The maximum atomic E-state index is 13.5. The second-order valence-electron chi connectivity index (χ2n) is 4.60. The molecule has 0 aromatic heterocycles. The number of aryl methyl sites for hydroxylation is 1.